The van der Waals surface area contributed by atoms with Crippen molar-refractivity contribution in [2.45, 2.75) is 144 Å². The van der Waals surface area contributed by atoms with Gasteiger partial charge in [-0.25, -0.2) is 4.79 Å². The van der Waals surface area contributed by atoms with Crippen LogP contribution in [0.3, 0.4) is 0 Å². The molecule has 0 unspecified atom stereocenters. The number of hydrogen-bond donors (Lipinski definition) is 15. The number of nitrogens with zero attached hydrogens (tertiary/aromatic N) is 2. The summed E-state index contributed by atoms with van der Waals surface area (Å²) in [6, 6.07) is -9.91. The molecule has 4 rings (SSSR count). The second-order valence-electron chi connectivity index (χ2n) is 19.0. The van der Waals surface area contributed by atoms with E-state index >= 15 is 0 Å². The third-order valence-corrected chi connectivity index (χ3v) is 15.4. The minimum Gasteiger partial charge on any atom is -0.508 e. The van der Waals surface area contributed by atoms with Crippen LogP contribution in [0.15, 0.2) is 24.3 Å². The van der Waals surface area contributed by atoms with Crippen LogP contribution in [-0.4, -0.2) is 205 Å². The number of phenols is 1. The van der Waals surface area contributed by atoms with Crippen molar-refractivity contribution in [2.75, 3.05) is 37.7 Å². The number of aliphatic carboxylic acids is 1. The number of carboxylic acid groups (broad SMARTS) is 1. The molecule has 0 spiro atoms. The zero-order valence-corrected chi connectivity index (χ0v) is 44.5. The molecule has 3 saturated heterocycles. The van der Waals surface area contributed by atoms with Crippen molar-refractivity contribution < 1.29 is 78.0 Å². The minimum absolute atomic E-state index is 0.0115. The molecule has 3 aliphatic rings. The number of phenolic OH excluding ortho intramolecular Hbond substituents is 1. The van der Waals surface area contributed by atoms with Crippen LogP contribution in [0.25, 0.3) is 0 Å². The Bertz CT molecular complexity index is 2350. The van der Waals surface area contributed by atoms with Gasteiger partial charge in [0.2, 0.25) is 65.0 Å². The second kappa shape index (κ2) is 31.0. The van der Waals surface area contributed by atoms with E-state index in [1.807, 2.05) is 0 Å². The summed E-state index contributed by atoms with van der Waals surface area (Å²) in [5, 5.41) is 57.6. The van der Waals surface area contributed by atoms with E-state index in [0.29, 0.717) is 12.0 Å². The van der Waals surface area contributed by atoms with Crippen LogP contribution < -0.4 is 60.2 Å². The predicted molar refractivity (Wildman–Crippen MR) is 279 cm³/mol. The van der Waals surface area contributed by atoms with Gasteiger partial charge in [0.05, 0.1) is 25.2 Å². The zero-order chi connectivity index (χ0) is 57.8. The fourth-order valence-electron chi connectivity index (χ4n) is 8.74. The van der Waals surface area contributed by atoms with Crippen molar-refractivity contribution in [2.24, 2.45) is 22.9 Å². The molecular formula is C47H71N13O16S2. The number of hydrogen-bond acceptors (Lipinski definition) is 19. The number of aromatic hydroxyl groups is 1. The van der Waals surface area contributed by atoms with Crippen molar-refractivity contribution in [1.29, 1.82) is 0 Å². The third-order valence-electron chi connectivity index (χ3n) is 13.0. The molecule has 0 saturated carbocycles. The molecule has 0 bridgehead atoms. The number of aliphatic hydroxyl groups is 2. The molecule has 78 heavy (non-hydrogen) atoms. The highest BCUT2D eigenvalue weighted by Crippen LogP contribution is 2.27. The first-order chi connectivity index (χ1) is 36.9. The Labute approximate surface area is 456 Å². The van der Waals surface area contributed by atoms with Crippen molar-refractivity contribution >= 4 is 92.5 Å². The number of carbonyl (C=O) groups excluding carboxylic acids is 11. The molecule has 3 heterocycles. The van der Waals surface area contributed by atoms with Crippen molar-refractivity contribution in [1.82, 2.24) is 47.0 Å². The summed E-state index contributed by atoms with van der Waals surface area (Å²) in [4.78, 5) is 165. The number of primary amides is 2. The van der Waals surface area contributed by atoms with E-state index < -0.39 is 163 Å². The first-order valence-electron chi connectivity index (χ1n) is 25.3. The molecule has 3 aliphatic heterocycles. The van der Waals surface area contributed by atoms with Gasteiger partial charge in [0.15, 0.2) is 0 Å². The van der Waals surface area contributed by atoms with Crippen molar-refractivity contribution in [3.63, 3.8) is 0 Å². The lowest BCUT2D eigenvalue weighted by Gasteiger charge is -2.33. The van der Waals surface area contributed by atoms with Gasteiger partial charge in [-0.3, -0.25) is 52.7 Å². The topological polar surface area (TPSA) is 481 Å². The number of unbranched alkanes of at least 4 members (excludes halogenated alkanes) is 1. The number of benzene rings is 1. The lowest BCUT2D eigenvalue weighted by molar-refractivity contribution is -0.148. The molecule has 11 amide bonds. The van der Waals surface area contributed by atoms with E-state index in [2.05, 4.69) is 37.2 Å². The number of carbonyl (C=O) groups is 12. The molecule has 0 aromatic heterocycles. The number of nitrogens with one attached hydrogen (secondary N) is 7. The summed E-state index contributed by atoms with van der Waals surface area (Å²) < 4.78 is 0. The summed E-state index contributed by atoms with van der Waals surface area (Å²) in [6.07, 6.45) is -2.33. The van der Waals surface area contributed by atoms with Gasteiger partial charge >= 0.3 is 5.97 Å². The molecule has 1 aromatic rings. The highest BCUT2D eigenvalue weighted by Gasteiger charge is 2.45. The summed E-state index contributed by atoms with van der Waals surface area (Å²) in [5.74, 6) is -12.9. The third kappa shape index (κ3) is 19.0. The molecular weight excluding hydrogens is 1070 g/mol. The zero-order valence-electron chi connectivity index (χ0n) is 42.9. The van der Waals surface area contributed by atoms with Crippen LogP contribution in [0.5, 0.6) is 5.75 Å². The number of carboxylic acids is 1. The van der Waals surface area contributed by atoms with E-state index in [1.54, 1.807) is 0 Å². The largest absolute Gasteiger partial charge is 0.508 e. The maximum Gasteiger partial charge on any atom is 0.326 e. The molecule has 31 heteroatoms. The van der Waals surface area contributed by atoms with Gasteiger partial charge in [-0.05, 0) is 82.5 Å². The number of aliphatic hydroxyl groups excluding tert-OH is 2. The Balaban J connectivity index is 1.74. The summed E-state index contributed by atoms with van der Waals surface area (Å²) in [6.45, 7) is 0.245. The van der Waals surface area contributed by atoms with Gasteiger partial charge in [0.1, 0.15) is 60.1 Å². The highest BCUT2D eigenvalue weighted by atomic mass is 33.1. The van der Waals surface area contributed by atoms with E-state index in [1.165, 1.54) is 29.2 Å². The Morgan fingerprint density at radius 1 is 0.705 bits per heavy atom. The molecule has 1 aromatic carbocycles. The standard InChI is InChI=1S/C47H71N13O16S2/c1-23(62)37-44(72)53-27(6-2-3-15-48)39(67)56-31(20-61)41(69)54-29(19-36(51)65)45(73)60-17-5-8-34(60)46(74)59-16-4-7-33(59)43(71)52-28(13-14-35(50)64)40(68)57-32(22-78-77-21-26(49)38(66)58-37)42(70)55-30(47(75)76)18-24-9-11-25(63)12-10-24/h9-12,23,26-34,37,61-63H,2-8,13-22,48-49H2,1H3,(H2,50,64)(H2,51,65)(H,52,71)(H,53,72)(H,54,69)(H,55,70)(H,56,67)(H,57,68)(H,58,66)(H,75,76)/t23-,26+,27+,28+,29+,30+,31+,32+,33+,34+,37+/m1/s1. The maximum absolute atomic E-state index is 14.4. The first-order valence-corrected chi connectivity index (χ1v) is 27.7. The van der Waals surface area contributed by atoms with Crippen molar-refractivity contribution in [3.05, 3.63) is 29.8 Å². The molecule has 11 atom stereocenters. The summed E-state index contributed by atoms with van der Waals surface area (Å²) >= 11 is 0. The summed E-state index contributed by atoms with van der Waals surface area (Å²) in [5.41, 5.74) is 23.2. The van der Waals surface area contributed by atoms with Crippen molar-refractivity contribution in [3.8, 4) is 5.75 Å². The first kappa shape index (κ1) is 63.7. The average molecular weight is 1140 g/mol. The maximum atomic E-state index is 14.4. The van der Waals surface area contributed by atoms with Gasteiger partial charge in [-0.15, -0.1) is 0 Å². The highest BCUT2D eigenvalue weighted by molar-refractivity contribution is 8.76. The molecule has 432 valence electrons. The molecule has 3 fully saturated rings. The molecule has 0 aliphatic carbocycles. The van der Waals surface area contributed by atoms with Crippen LogP contribution in [0, 0.1) is 0 Å². The quantitative estimate of drug-likeness (QED) is 0.0541. The SMILES string of the molecule is C[C@@H](O)[C@@H]1NC(=O)[C@@H](N)CSSC[C@@H](C(=O)N[C@@H](Cc2ccc(O)cc2)C(=O)O)NC(=O)[C@H](CCC(N)=O)NC(=O)[C@@H]2CCCN2C(=O)[C@@H]2CCCN2C(=O)[C@H](CC(N)=O)NC(=O)[C@H](CO)NC(=O)[C@H](CCCCN)NC1=O. The van der Waals surface area contributed by atoms with Crippen LogP contribution in [0.1, 0.15) is 76.7 Å². The lowest BCUT2D eigenvalue weighted by atomic mass is 10.1. The van der Waals surface area contributed by atoms with Crippen LogP contribution >= 0.6 is 21.6 Å². The number of fused-ring (bicyclic) bond motifs is 2. The van der Waals surface area contributed by atoms with Gasteiger partial charge in [-0.2, -0.15) is 0 Å². The average Bonchev–Trinajstić information content (AvgIpc) is 4.10. The lowest BCUT2D eigenvalue weighted by Crippen LogP contribution is -2.61. The Morgan fingerprint density at radius 3 is 1.87 bits per heavy atom. The number of amides is 11. The normalized spacial score (nSPS) is 26.7. The van der Waals surface area contributed by atoms with E-state index in [9.17, 15) is 78.0 Å². The molecule has 0 radical (unpaired) electrons. The number of nitrogens with two attached hydrogens (primary N) is 4. The Kier molecular flexibility index (Phi) is 25.3. The fourth-order valence-corrected chi connectivity index (χ4v) is 11.0. The van der Waals surface area contributed by atoms with Crippen LogP contribution in [0.4, 0.5) is 0 Å². The van der Waals surface area contributed by atoms with Gasteiger partial charge in [-0.1, -0.05) is 33.7 Å². The summed E-state index contributed by atoms with van der Waals surface area (Å²) in [7, 11) is 1.80. The van der Waals surface area contributed by atoms with Gasteiger partial charge in [0.25, 0.3) is 0 Å². The van der Waals surface area contributed by atoms with E-state index in [0.717, 1.165) is 33.4 Å². The van der Waals surface area contributed by atoms with E-state index in [4.69, 9.17) is 22.9 Å². The molecule has 19 N–H and O–H groups in total. The van der Waals surface area contributed by atoms with Crippen LogP contribution in [-0.2, 0) is 64.0 Å². The van der Waals surface area contributed by atoms with E-state index in [-0.39, 0.29) is 81.8 Å². The Hall–Kier alpha value is -6.80. The smallest absolute Gasteiger partial charge is 0.326 e. The van der Waals surface area contributed by atoms with Crippen LogP contribution in [0.2, 0.25) is 0 Å². The fraction of sp³-hybridized carbons (Fsp3) is 0.617. The second-order valence-corrected chi connectivity index (χ2v) is 21.6. The predicted octanol–water partition coefficient (Wildman–Crippen LogP) is -6.24. The Morgan fingerprint density at radius 2 is 1.27 bits per heavy atom. The van der Waals surface area contributed by atoms with Gasteiger partial charge in [0, 0.05) is 37.4 Å². The van der Waals surface area contributed by atoms with Gasteiger partial charge < -0.3 is 90.4 Å². The minimum atomic E-state index is -1.80. The molecule has 29 nitrogen and oxygen atoms in total. The monoisotopic (exact) mass is 1140 g/mol. The number of rotatable bonds is 16.